The van der Waals surface area contributed by atoms with E-state index in [1.165, 1.54) is 5.56 Å². The third-order valence-electron chi connectivity index (χ3n) is 3.59. The lowest BCUT2D eigenvalue weighted by atomic mass is 10.0. The first kappa shape index (κ1) is 14.3. The molecule has 0 spiro atoms. The van der Waals surface area contributed by atoms with Crippen LogP contribution >= 0.6 is 0 Å². The first-order valence-electron chi connectivity index (χ1n) is 7.29. The maximum absolute atomic E-state index is 10.8. The van der Waals surface area contributed by atoms with E-state index in [1.807, 2.05) is 36.4 Å². The van der Waals surface area contributed by atoms with E-state index in [9.17, 15) is 4.79 Å². The standard InChI is InChI=1S/C19H17NO2/c1-13(2)15-4-7-17(8-5-15)22-19-10-6-16-11-14(12-21)3-9-18(16)20-19/h3-13H,1-2H3. The van der Waals surface area contributed by atoms with E-state index in [2.05, 4.69) is 31.0 Å². The van der Waals surface area contributed by atoms with Crippen LogP contribution in [0.2, 0.25) is 0 Å². The Hall–Kier alpha value is -2.68. The Labute approximate surface area is 129 Å². The summed E-state index contributed by atoms with van der Waals surface area (Å²) in [5.41, 5.74) is 2.73. The normalized spacial score (nSPS) is 10.9. The van der Waals surface area contributed by atoms with Gasteiger partial charge in [0.1, 0.15) is 12.0 Å². The Kier molecular flexibility index (Phi) is 3.88. The van der Waals surface area contributed by atoms with E-state index in [0.717, 1.165) is 22.9 Å². The van der Waals surface area contributed by atoms with Gasteiger partial charge in [0.05, 0.1) is 5.52 Å². The number of carbonyl (C=O) groups is 1. The van der Waals surface area contributed by atoms with Gasteiger partial charge in [-0.1, -0.05) is 26.0 Å². The van der Waals surface area contributed by atoms with E-state index in [4.69, 9.17) is 4.74 Å². The molecule has 0 unspecified atom stereocenters. The van der Waals surface area contributed by atoms with Crippen molar-refractivity contribution >= 4 is 17.2 Å². The first-order chi connectivity index (χ1) is 10.7. The molecule has 0 aliphatic rings. The van der Waals surface area contributed by atoms with Gasteiger partial charge >= 0.3 is 0 Å². The van der Waals surface area contributed by atoms with E-state index in [0.29, 0.717) is 17.4 Å². The molecule has 3 aromatic rings. The lowest BCUT2D eigenvalue weighted by Crippen LogP contribution is -1.91. The van der Waals surface area contributed by atoms with E-state index >= 15 is 0 Å². The van der Waals surface area contributed by atoms with Crippen molar-refractivity contribution in [1.29, 1.82) is 0 Å². The number of aldehydes is 1. The smallest absolute Gasteiger partial charge is 0.219 e. The number of ether oxygens (including phenoxy) is 1. The second-order valence-electron chi connectivity index (χ2n) is 5.55. The summed E-state index contributed by atoms with van der Waals surface area (Å²) in [6, 6.07) is 17.2. The lowest BCUT2D eigenvalue weighted by Gasteiger charge is -2.08. The quantitative estimate of drug-likeness (QED) is 0.637. The van der Waals surface area contributed by atoms with Gasteiger partial charge in [-0.3, -0.25) is 4.79 Å². The Bertz CT molecular complexity index is 807. The Balaban J connectivity index is 1.85. The summed E-state index contributed by atoms with van der Waals surface area (Å²) in [4.78, 5) is 15.3. The van der Waals surface area contributed by atoms with E-state index < -0.39 is 0 Å². The number of hydrogen-bond donors (Lipinski definition) is 0. The minimum Gasteiger partial charge on any atom is -0.439 e. The number of pyridine rings is 1. The van der Waals surface area contributed by atoms with Crippen molar-refractivity contribution in [3.8, 4) is 11.6 Å². The van der Waals surface area contributed by atoms with Crippen LogP contribution in [0.25, 0.3) is 10.9 Å². The van der Waals surface area contributed by atoms with Crippen molar-refractivity contribution in [3.05, 3.63) is 65.7 Å². The van der Waals surface area contributed by atoms with Crippen molar-refractivity contribution < 1.29 is 9.53 Å². The van der Waals surface area contributed by atoms with Gasteiger partial charge in [-0.25, -0.2) is 4.98 Å². The molecule has 1 heterocycles. The number of hydrogen-bond acceptors (Lipinski definition) is 3. The van der Waals surface area contributed by atoms with Crippen LogP contribution in [0.4, 0.5) is 0 Å². The largest absolute Gasteiger partial charge is 0.439 e. The predicted molar refractivity (Wildman–Crippen MR) is 87.7 cm³/mol. The number of rotatable bonds is 4. The van der Waals surface area contributed by atoms with Crippen molar-refractivity contribution in [1.82, 2.24) is 4.98 Å². The van der Waals surface area contributed by atoms with Crippen LogP contribution in [0, 0.1) is 0 Å². The van der Waals surface area contributed by atoms with Gasteiger partial charge in [-0.15, -0.1) is 0 Å². The molecule has 0 N–H and O–H groups in total. The van der Waals surface area contributed by atoms with Gasteiger partial charge in [0, 0.05) is 17.0 Å². The molecule has 0 fully saturated rings. The highest BCUT2D eigenvalue weighted by molar-refractivity contribution is 5.86. The fraction of sp³-hybridized carbons (Fsp3) is 0.158. The fourth-order valence-corrected chi connectivity index (χ4v) is 2.30. The van der Waals surface area contributed by atoms with Crippen LogP contribution in [0.5, 0.6) is 11.6 Å². The minimum atomic E-state index is 0.500. The average molecular weight is 291 g/mol. The van der Waals surface area contributed by atoms with Crippen molar-refractivity contribution in [3.63, 3.8) is 0 Å². The molecule has 3 heteroatoms. The number of carbonyl (C=O) groups excluding carboxylic acids is 1. The predicted octanol–water partition coefficient (Wildman–Crippen LogP) is 4.96. The van der Waals surface area contributed by atoms with Gasteiger partial charge in [0.25, 0.3) is 0 Å². The Morgan fingerprint density at radius 2 is 1.77 bits per heavy atom. The van der Waals surface area contributed by atoms with Crippen LogP contribution < -0.4 is 4.74 Å². The van der Waals surface area contributed by atoms with Crippen LogP contribution in [0.3, 0.4) is 0 Å². The highest BCUT2D eigenvalue weighted by atomic mass is 16.5. The maximum Gasteiger partial charge on any atom is 0.219 e. The molecule has 110 valence electrons. The molecule has 22 heavy (non-hydrogen) atoms. The third-order valence-corrected chi connectivity index (χ3v) is 3.59. The van der Waals surface area contributed by atoms with E-state index in [-0.39, 0.29) is 0 Å². The summed E-state index contributed by atoms with van der Waals surface area (Å²) in [5.74, 6) is 1.81. The molecular formula is C19H17NO2. The summed E-state index contributed by atoms with van der Waals surface area (Å²) >= 11 is 0. The first-order valence-corrected chi connectivity index (χ1v) is 7.29. The molecule has 0 bridgehead atoms. The van der Waals surface area contributed by atoms with Gasteiger partial charge in [-0.05, 0) is 47.9 Å². The molecule has 3 nitrogen and oxygen atoms in total. The van der Waals surface area contributed by atoms with E-state index in [1.54, 1.807) is 6.07 Å². The van der Waals surface area contributed by atoms with Crippen molar-refractivity contribution in [2.24, 2.45) is 0 Å². The summed E-state index contributed by atoms with van der Waals surface area (Å²) in [5, 5.41) is 0.923. The number of fused-ring (bicyclic) bond motifs is 1. The van der Waals surface area contributed by atoms with Gasteiger partial charge in [0.2, 0.25) is 5.88 Å². The molecule has 0 amide bonds. The number of nitrogens with zero attached hydrogens (tertiary/aromatic N) is 1. The third kappa shape index (κ3) is 2.98. The topological polar surface area (TPSA) is 39.2 Å². The molecule has 2 aromatic carbocycles. The van der Waals surface area contributed by atoms with Crippen LogP contribution in [0.15, 0.2) is 54.6 Å². The molecule has 0 atom stereocenters. The van der Waals surface area contributed by atoms with Crippen LogP contribution in [-0.2, 0) is 0 Å². The maximum atomic E-state index is 10.8. The summed E-state index contributed by atoms with van der Waals surface area (Å²) in [6.07, 6.45) is 0.833. The zero-order valence-electron chi connectivity index (χ0n) is 12.6. The SMILES string of the molecule is CC(C)c1ccc(Oc2ccc3cc(C=O)ccc3n2)cc1. The lowest BCUT2D eigenvalue weighted by molar-refractivity contribution is 0.112. The fourth-order valence-electron chi connectivity index (χ4n) is 2.30. The summed E-state index contributed by atoms with van der Waals surface area (Å²) in [6.45, 7) is 4.32. The molecule has 0 aliphatic heterocycles. The molecule has 0 radical (unpaired) electrons. The molecule has 0 saturated carbocycles. The second-order valence-corrected chi connectivity index (χ2v) is 5.55. The Morgan fingerprint density at radius 1 is 1.00 bits per heavy atom. The highest BCUT2D eigenvalue weighted by Crippen LogP contribution is 2.24. The van der Waals surface area contributed by atoms with Crippen molar-refractivity contribution in [2.75, 3.05) is 0 Å². The van der Waals surface area contributed by atoms with Crippen LogP contribution in [-0.4, -0.2) is 11.3 Å². The minimum absolute atomic E-state index is 0.500. The Morgan fingerprint density at radius 3 is 2.45 bits per heavy atom. The molecule has 0 aliphatic carbocycles. The monoisotopic (exact) mass is 291 g/mol. The molecular weight excluding hydrogens is 274 g/mol. The number of benzene rings is 2. The van der Waals surface area contributed by atoms with Gasteiger partial charge < -0.3 is 4.74 Å². The molecule has 3 rings (SSSR count). The van der Waals surface area contributed by atoms with Crippen molar-refractivity contribution in [2.45, 2.75) is 19.8 Å². The zero-order chi connectivity index (χ0) is 15.5. The van der Waals surface area contributed by atoms with Crippen LogP contribution in [0.1, 0.15) is 35.7 Å². The zero-order valence-corrected chi connectivity index (χ0v) is 12.6. The van der Waals surface area contributed by atoms with Gasteiger partial charge in [-0.2, -0.15) is 0 Å². The summed E-state index contributed by atoms with van der Waals surface area (Å²) in [7, 11) is 0. The second kappa shape index (κ2) is 5.98. The van der Waals surface area contributed by atoms with Gasteiger partial charge in [0.15, 0.2) is 0 Å². The summed E-state index contributed by atoms with van der Waals surface area (Å²) < 4.78 is 5.80. The number of aromatic nitrogens is 1. The highest BCUT2D eigenvalue weighted by Gasteiger charge is 2.04. The molecule has 1 aromatic heterocycles. The average Bonchev–Trinajstić information content (AvgIpc) is 2.55. The molecule has 0 saturated heterocycles.